The summed E-state index contributed by atoms with van der Waals surface area (Å²) < 4.78 is 5.97. The lowest BCUT2D eigenvalue weighted by Gasteiger charge is -2.10. The zero-order valence-electron chi connectivity index (χ0n) is 7.85. The predicted molar refractivity (Wildman–Crippen MR) is 57.4 cm³/mol. The van der Waals surface area contributed by atoms with Crippen LogP contribution < -0.4 is 4.74 Å². The Kier molecular flexibility index (Phi) is 4.56. The Morgan fingerprint density at radius 2 is 2.27 bits per heavy atom. The van der Waals surface area contributed by atoms with Crippen LogP contribution in [0.5, 0.6) is 5.75 Å². The number of nitriles is 1. The Balaban J connectivity index is 2.73. The van der Waals surface area contributed by atoms with Crippen LogP contribution in [0.15, 0.2) is 22.7 Å². The van der Waals surface area contributed by atoms with Crippen LogP contribution in [-0.2, 0) is 0 Å². The Labute approximate surface area is 95.9 Å². The molecule has 0 aliphatic heterocycles. The molecule has 2 N–H and O–H groups in total. The fraction of sp³-hybridized carbons (Fsp3) is 0.300. The van der Waals surface area contributed by atoms with Crippen LogP contribution in [-0.4, -0.2) is 29.5 Å². The lowest BCUT2D eigenvalue weighted by atomic mass is 10.2. The highest BCUT2D eigenvalue weighted by Gasteiger charge is 2.07. The summed E-state index contributed by atoms with van der Waals surface area (Å²) in [4.78, 5) is 0. The number of halogens is 1. The Hall–Kier alpha value is -1.09. The van der Waals surface area contributed by atoms with Gasteiger partial charge in [0.1, 0.15) is 24.5 Å². The third-order valence-corrected chi connectivity index (χ3v) is 2.20. The molecule has 0 heterocycles. The van der Waals surface area contributed by atoms with Crippen molar-refractivity contribution in [2.45, 2.75) is 6.10 Å². The predicted octanol–water partition coefficient (Wildman–Crippen LogP) is 1.05. The van der Waals surface area contributed by atoms with Gasteiger partial charge in [0.05, 0.1) is 12.2 Å². The molecule has 15 heavy (non-hydrogen) atoms. The first-order chi connectivity index (χ1) is 7.17. The first-order valence-corrected chi connectivity index (χ1v) is 5.08. The molecule has 0 amide bonds. The number of aliphatic hydroxyl groups excluding tert-OH is 2. The molecule has 1 aromatic carbocycles. The molecule has 1 unspecified atom stereocenters. The van der Waals surface area contributed by atoms with Crippen molar-refractivity contribution in [3.63, 3.8) is 0 Å². The molecule has 0 saturated carbocycles. The molecule has 0 aliphatic rings. The topological polar surface area (TPSA) is 73.5 Å². The summed E-state index contributed by atoms with van der Waals surface area (Å²) in [6.45, 7) is -0.398. The zero-order chi connectivity index (χ0) is 11.3. The van der Waals surface area contributed by atoms with Crippen molar-refractivity contribution in [2.24, 2.45) is 0 Å². The molecule has 1 rings (SSSR count). The standard InChI is InChI=1S/C10H10BrNO3/c11-8-1-2-10(7(3-8)4-12)15-6-9(14)5-13/h1-3,9,13-14H,5-6H2. The third kappa shape index (κ3) is 3.51. The van der Waals surface area contributed by atoms with Gasteiger partial charge in [-0.25, -0.2) is 0 Å². The average Bonchev–Trinajstić information content (AvgIpc) is 2.26. The number of hydrogen-bond acceptors (Lipinski definition) is 4. The van der Waals surface area contributed by atoms with Crippen molar-refractivity contribution in [2.75, 3.05) is 13.2 Å². The molecule has 0 fully saturated rings. The smallest absolute Gasteiger partial charge is 0.137 e. The van der Waals surface area contributed by atoms with E-state index < -0.39 is 6.10 Å². The maximum Gasteiger partial charge on any atom is 0.137 e. The first kappa shape index (κ1) is 12.0. The number of nitrogens with zero attached hydrogens (tertiary/aromatic N) is 1. The van der Waals surface area contributed by atoms with Gasteiger partial charge >= 0.3 is 0 Å². The Morgan fingerprint density at radius 3 is 2.87 bits per heavy atom. The van der Waals surface area contributed by atoms with E-state index in [9.17, 15) is 0 Å². The molecule has 1 aromatic rings. The van der Waals surface area contributed by atoms with E-state index in [2.05, 4.69) is 15.9 Å². The Bertz CT molecular complexity index is 375. The summed E-state index contributed by atoms with van der Waals surface area (Å²) in [6, 6.07) is 6.97. The van der Waals surface area contributed by atoms with Gasteiger partial charge in [-0.05, 0) is 18.2 Å². The van der Waals surface area contributed by atoms with Crippen molar-refractivity contribution >= 4 is 15.9 Å². The van der Waals surface area contributed by atoms with Crippen LogP contribution in [0.4, 0.5) is 0 Å². The molecule has 0 radical (unpaired) electrons. The summed E-state index contributed by atoms with van der Waals surface area (Å²) in [5, 5.41) is 26.5. The monoisotopic (exact) mass is 271 g/mol. The minimum atomic E-state index is -0.930. The zero-order valence-corrected chi connectivity index (χ0v) is 9.44. The lowest BCUT2D eigenvalue weighted by molar-refractivity contribution is 0.0535. The van der Waals surface area contributed by atoms with Gasteiger partial charge in [-0.15, -0.1) is 0 Å². The molecule has 5 heteroatoms. The second kappa shape index (κ2) is 5.71. The molecule has 1 atom stereocenters. The van der Waals surface area contributed by atoms with Gasteiger partial charge in [-0.3, -0.25) is 0 Å². The molecular formula is C10H10BrNO3. The van der Waals surface area contributed by atoms with E-state index in [0.29, 0.717) is 11.3 Å². The number of rotatable bonds is 4. The van der Waals surface area contributed by atoms with Crippen LogP contribution in [0.2, 0.25) is 0 Å². The minimum Gasteiger partial charge on any atom is -0.489 e. The van der Waals surface area contributed by atoms with E-state index in [1.807, 2.05) is 6.07 Å². The van der Waals surface area contributed by atoms with Crippen LogP contribution in [0.25, 0.3) is 0 Å². The minimum absolute atomic E-state index is 0.0349. The SMILES string of the molecule is N#Cc1cc(Br)ccc1OCC(O)CO. The van der Waals surface area contributed by atoms with E-state index in [4.69, 9.17) is 20.2 Å². The van der Waals surface area contributed by atoms with Gasteiger partial charge < -0.3 is 14.9 Å². The normalized spacial score (nSPS) is 11.9. The fourth-order valence-corrected chi connectivity index (χ4v) is 1.32. The molecular weight excluding hydrogens is 262 g/mol. The fourth-order valence-electron chi connectivity index (χ4n) is 0.954. The van der Waals surface area contributed by atoms with Crippen LogP contribution in [0.1, 0.15) is 5.56 Å². The van der Waals surface area contributed by atoms with Crippen molar-refractivity contribution < 1.29 is 14.9 Å². The number of ether oxygens (including phenoxy) is 1. The highest BCUT2D eigenvalue weighted by Crippen LogP contribution is 2.22. The van der Waals surface area contributed by atoms with Crippen molar-refractivity contribution in [3.8, 4) is 11.8 Å². The van der Waals surface area contributed by atoms with E-state index >= 15 is 0 Å². The highest BCUT2D eigenvalue weighted by molar-refractivity contribution is 9.10. The quantitative estimate of drug-likeness (QED) is 0.859. The van der Waals surface area contributed by atoms with Gasteiger partial charge in [-0.2, -0.15) is 5.26 Å². The average molecular weight is 272 g/mol. The molecule has 0 bridgehead atoms. The summed E-state index contributed by atoms with van der Waals surface area (Å²) >= 11 is 3.23. The number of aliphatic hydroxyl groups is 2. The van der Waals surface area contributed by atoms with Gasteiger partial charge in [-0.1, -0.05) is 15.9 Å². The van der Waals surface area contributed by atoms with E-state index in [1.54, 1.807) is 18.2 Å². The Morgan fingerprint density at radius 1 is 1.53 bits per heavy atom. The molecule has 80 valence electrons. The molecule has 0 saturated heterocycles. The summed E-state index contributed by atoms with van der Waals surface area (Å²) in [5.41, 5.74) is 0.384. The maximum absolute atomic E-state index is 9.07. The molecule has 0 spiro atoms. The van der Waals surface area contributed by atoms with E-state index in [0.717, 1.165) is 4.47 Å². The number of benzene rings is 1. The summed E-state index contributed by atoms with van der Waals surface area (Å²) in [6.07, 6.45) is -0.930. The van der Waals surface area contributed by atoms with Crippen molar-refractivity contribution in [1.29, 1.82) is 5.26 Å². The molecule has 0 aliphatic carbocycles. The lowest BCUT2D eigenvalue weighted by Crippen LogP contribution is -2.21. The van der Waals surface area contributed by atoms with Gasteiger partial charge in [0.15, 0.2) is 0 Å². The van der Waals surface area contributed by atoms with Gasteiger partial charge in [0, 0.05) is 4.47 Å². The summed E-state index contributed by atoms with van der Waals surface area (Å²) in [7, 11) is 0. The second-order valence-corrected chi connectivity index (χ2v) is 3.82. The molecule has 0 aromatic heterocycles. The maximum atomic E-state index is 9.07. The third-order valence-electron chi connectivity index (χ3n) is 1.70. The van der Waals surface area contributed by atoms with E-state index in [1.165, 1.54) is 0 Å². The van der Waals surface area contributed by atoms with Crippen LogP contribution in [0, 0.1) is 11.3 Å². The van der Waals surface area contributed by atoms with Crippen molar-refractivity contribution in [3.05, 3.63) is 28.2 Å². The van der Waals surface area contributed by atoms with Crippen LogP contribution in [0.3, 0.4) is 0 Å². The van der Waals surface area contributed by atoms with Gasteiger partial charge in [0.2, 0.25) is 0 Å². The van der Waals surface area contributed by atoms with Crippen LogP contribution >= 0.6 is 15.9 Å². The number of hydrogen-bond donors (Lipinski definition) is 2. The van der Waals surface area contributed by atoms with Gasteiger partial charge in [0.25, 0.3) is 0 Å². The molecule has 4 nitrogen and oxygen atoms in total. The van der Waals surface area contributed by atoms with Crippen molar-refractivity contribution in [1.82, 2.24) is 0 Å². The highest BCUT2D eigenvalue weighted by atomic mass is 79.9. The second-order valence-electron chi connectivity index (χ2n) is 2.90. The summed E-state index contributed by atoms with van der Waals surface area (Å²) in [5.74, 6) is 0.396. The van der Waals surface area contributed by atoms with E-state index in [-0.39, 0.29) is 13.2 Å². The first-order valence-electron chi connectivity index (χ1n) is 4.28. The largest absolute Gasteiger partial charge is 0.489 e.